The van der Waals surface area contributed by atoms with Gasteiger partial charge in [-0.2, -0.15) is 4.31 Å². The van der Waals surface area contributed by atoms with Crippen LogP contribution < -0.4 is 5.32 Å². The van der Waals surface area contributed by atoms with E-state index in [9.17, 15) is 13.2 Å². The van der Waals surface area contributed by atoms with Crippen LogP contribution in [-0.4, -0.2) is 60.7 Å². The van der Waals surface area contributed by atoms with E-state index in [1.807, 2.05) is 46.4 Å². The van der Waals surface area contributed by atoms with Gasteiger partial charge in [0.05, 0.1) is 16.6 Å². The molecule has 0 aliphatic carbocycles. The third-order valence-electron chi connectivity index (χ3n) is 6.75. The monoisotopic (exact) mass is 478 g/mol. The third kappa shape index (κ3) is 4.55. The fourth-order valence-corrected chi connectivity index (χ4v) is 6.34. The van der Waals surface area contributed by atoms with Crippen molar-refractivity contribution in [2.45, 2.75) is 52.5 Å². The van der Waals surface area contributed by atoms with Crippen LogP contribution >= 0.6 is 11.6 Å². The van der Waals surface area contributed by atoms with E-state index in [0.717, 1.165) is 27.8 Å². The van der Waals surface area contributed by atoms with E-state index in [1.165, 1.54) is 4.31 Å². The van der Waals surface area contributed by atoms with Crippen LogP contribution in [0, 0.1) is 34.6 Å². The maximum atomic E-state index is 13.5. The number of benzene rings is 1. The minimum atomic E-state index is -3.63. The Morgan fingerprint density at radius 2 is 1.53 bits per heavy atom. The molecule has 2 aromatic rings. The minimum Gasteiger partial charge on any atom is -0.322 e. The Bertz CT molecular complexity index is 1110. The molecule has 1 amide bonds. The van der Waals surface area contributed by atoms with Crippen molar-refractivity contribution in [1.82, 2.24) is 14.2 Å². The number of nitrogens with one attached hydrogen (secondary N) is 1. The van der Waals surface area contributed by atoms with Gasteiger partial charge < -0.3 is 5.32 Å². The van der Waals surface area contributed by atoms with Crippen molar-refractivity contribution in [3.05, 3.63) is 51.3 Å². The largest absolute Gasteiger partial charge is 0.322 e. The van der Waals surface area contributed by atoms with Gasteiger partial charge in [0.25, 0.3) is 0 Å². The van der Waals surface area contributed by atoms with E-state index in [2.05, 4.69) is 10.3 Å². The number of rotatable bonds is 5. The number of anilines is 1. The Kier molecular flexibility index (Phi) is 7.29. The predicted molar refractivity (Wildman–Crippen MR) is 128 cm³/mol. The summed E-state index contributed by atoms with van der Waals surface area (Å²) in [5.41, 5.74) is 5.26. The van der Waals surface area contributed by atoms with Crippen molar-refractivity contribution in [1.29, 1.82) is 0 Å². The molecule has 1 fully saturated rings. The second-order valence-corrected chi connectivity index (χ2v) is 10.6. The Morgan fingerprint density at radius 3 is 2.06 bits per heavy atom. The topological polar surface area (TPSA) is 82.6 Å². The van der Waals surface area contributed by atoms with Gasteiger partial charge in [0.1, 0.15) is 0 Å². The molecule has 3 rings (SSSR count). The molecule has 2 heterocycles. The molecule has 0 spiro atoms. The summed E-state index contributed by atoms with van der Waals surface area (Å²) >= 11 is 6.03. The number of sulfonamides is 1. The van der Waals surface area contributed by atoms with E-state index >= 15 is 0 Å². The highest BCUT2D eigenvalue weighted by Gasteiger charge is 2.34. The van der Waals surface area contributed by atoms with Crippen LogP contribution in [0.3, 0.4) is 0 Å². The highest BCUT2D eigenvalue weighted by atomic mass is 35.5. The molecule has 1 N–H and O–H groups in total. The molecular formula is C23H31ClN4O3S. The van der Waals surface area contributed by atoms with Crippen molar-refractivity contribution in [3.8, 4) is 0 Å². The molecule has 32 heavy (non-hydrogen) atoms. The molecular weight excluding hydrogens is 448 g/mol. The van der Waals surface area contributed by atoms with Gasteiger partial charge in [0, 0.05) is 32.4 Å². The highest BCUT2D eigenvalue weighted by molar-refractivity contribution is 7.89. The number of carbonyl (C=O) groups excluding carboxylic acids is 1. The maximum absolute atomic E-state index is 13.5. The number of nitrogens with zero attached hydrogens (tertiary/aromatic N) is 3. The molecule has 0 radical (unpaired) electrons. The number of piperazine rings is 1. The molecule has 1 aromatic carbocycles. The average Bonchev–Trinajstić information content (AvgIpc) is 2.77. The van der Waals surface area contributed by atoms with Crippen LogP contribution in [0.15, 0.2) is 23.2 Å². The Balaban J connectivity index is 1.73. The lowest BCUT2D eigenvalue weighted by atomic mass is 9.95. The molecule has 7 nitrogen and oxygen atoms in total. The van der Waals surface area contributed by atoms with Crippen LogP contribution in [0.25, 0.3) is 0 Å². The van der Waals surface area contributed by atoms with Crippen molar-refractivity contribution in [2.24, 2.45) is 0 Å². The van der Waals surface area contributed by atoms with Gasteiger partial charge in [-0.15, -0.1) is 0 Å². The molecule has 9 heteroatoms. The van der Waals surface area contributed by atoms with Crippen LogP contribution in [0.4, 0.5) is 5.69 Å². The summed E-state index contributed by atoms with van der Waals surface area (Å²) in [7, 11) is -3.63. The molecule has 1 aromatic heterocycles. The van der Waals surface area contributed by atoms with Crippen LogP contribution in [0.2, 0.25) is 5.15 Å². The van der Waals surface area contributed by atoms with Crippen LogP contribution in [0.5, 0.6) is 0 Å². The minimum absolute atomic E-state index is 0.201. The highest BCUT2D eigenvalue weighted by Crippen LogP contribution is 2.32. The van der Waals surface area contributed by atoms with Gasteiger partial charge in [0.15, 0.2) is 5.15 Å². The summed E-state index contributed by atoms with van der Waals surface area (Å²) in [6.45, 7) is 13.2. The lowest BCUT2D eigenvalue weighted by molar-refractivity contribution is -0.121. The number of hydrogen-bond acceptors (Lipinski definition) is 5. The second kappa shape index (κ2) is 9.47. The smallest absolute Gasteiger partial charge is 0.243 e. The van der Waals surface area contributed by atoms with E-state index in [-0.39, 0.29) is 11.1 Å². The van der Waals surface area contributed by atoms with E-state index in [0.29, 0.717) is 36.8 Å². The third-order valence-corrected chi connectivity index (χ3v) is 9.22. The number of carbonyl (C=O) groups is 1. The van der Waals surface area contributed by atoms with Gasteiger partial charge in [-0.1, -0.05) is 11.6 Å². The summed E-state index contributed by atoms with van der Waals surface area (Å²) in [4.78, 5) is 19.1. The summed E-state index contributed by atoms with van der Waals surface area (Å²) < 4.78 is 28.6. The van der Waals surface area contributed by atoms with Crippen molar-refractivity contribution < 1.29 is 13.2 Å². The lowest BCUT2D eigenvalue weighted by Crippen LogP contribution is -2.54. The first-order valence-corrected chi connectivity index (χ1v) is 12.5. The Morgan fingerprint density at radius 1 is 1.00 bits per heavy atom. The van der Waals surface area contributed by atoms with Gasteiger partial charge in [-0.25, -0.2) is 13.4 Å². The first kappa shape index (κ1) is 24.6. The van der Waals surface area contributed by atoms with Crippen molar-refractivity contribution in [3.63, 3.8) is 0 Å². The number of hydrogen-bond donors (Lipinski definition) is 1. The number of amides is 1. The molecule has 0 saturated carbocycles. The second-order valence-electron chi connectivity index (χ2n) is 8.40. The number of aromatic nitrogens is 1. The zero-order valence-corrected chi connectivity index (χ0v) is 21.1. The quantitative estimate of drug-likeness (QED) is 0.664. The Hall–Kier alpha value is -2.00. The summed E-state index contributed by atoms with van der Waals surface area (Å²) in [5.74, 6) is -0.201. The Labute approximate surface area is 195 Å². The first-order chi connectivity index (χ1) is 15.0. The predicted octanol–water partition coefficient (Wildman–Crippen LogP) is 3.61. The van der Waals surface area contributed by atoms with E-state index in [1.54, 1.807) is 18.3 Å². The van der Waals surface area contributed by atoms with Crippen LogP contribution in [-0.2, 0) is 14.8 Å². The zero-order chi connectivity index (χ0) is 23.8. The van der Waals surface area contributed by atoms with Crippen molar-refractivity contribution in [2.75, 3.05) is 31.5 Å². The molecule has 1 aliphatic heterocycles. The normalized spacial score (nSPS) is 16.7. The SMILES string of the molecule is Cc1c(C)c(C)c(S(=O)(=O)N2CCN(C(C)C(=O)Nc3cccnc3Cl)CC2)c(C)c1C. The molecule has 1 atom stereocenters. The standard InChI is InChI=1S/C23H31ClN4O3S/c1-14-15(2)17(4)21(18(5)16(14)3)32(30,31)28-12-10-27(11-13-28)19(6)23(29)26-20-8-7-9-25-22(20)24/h7-9,19H,10-13H2,1-6H3,(H,26,29). The van der Waals surface area contributed by atoms with Gasteiger partial charge >= 0.3 is 0 Å². The van der Waals surface area contributed by atoms with Gasteiger partial charge in [-0.05, 0) is 81.5 Å². The van der Waals surface area contributed by atoms with Crippen molar-refractivity contribution >= 4 is 33.2 Å². The summed E-state index contributed by atoms with van der Waals surface area (Å²) in [5, 5.41) is 3.03. The molecule has 1 unspecified atom stereocenters. The molecule has 1 saturated heterocycles. The zero-order valence-electron chi connectivity index (χ0n) is 19.5. The number of pyridine rings is 1. The molecule has 1 aliphatic rings. The fraction of sp³-hybridized carbons (Fsp3) is 0.478. The fourth-order valence-electron chi connectivity index (χ4n) is 4.20. The van der Waals surface area contributed by atoms with Gasteiger partial charge in [-0.3, -0.25) is 9.69 Å². The molecule has 0 bridgehead atoms. The van der Waals surface area contributed by atoms with E-state index < -0.39 is 16.1 Å². The summed E-state index contributed by atoms with van der Waals surface area (Å²) in [6, 6.07) is 2.97. The van der Waals surface area contributed by atoms with E-state index in [4.69, 9.17) is 11.6 Å². The molecule has 174 valence electrons. The first-order valence-electron chi connectivity index (χ1n) is 10.7. The summed E-state index contributed by atoms with van der Waals surface area (Å²) in [6.07, 6.45) is 1.56. The maximum Gasteiger partial charge on any atom is 0.243 e. The number of halogens is 1. The average molecular weight is 479 g/mol. The lowest BCUT2D eigenvalue weighted by Gasteiger charge is -2.37. The van der Waals surface area contributed by atoms with Crippen LogP contribution in [0.1, 0.15) is 34.7 Å². The van der Waals surface area contributed by atoms with Gasteiger partial charge in [0.2, 0.25) is 15.9 Å².